The first-order valence-corrected chi connectivity index (χ1v) is 12.3. The molecule has 1 aromatic heterocycles. The van der Waals surface area contributed by atoms with E-state index >= 15 is 0 Å². The Morgan fingerprint density at radius 1 is 0.889 bits per heavy atom. The first-order chi connectivity index (χ1) is 17.5. The molecular weight excluding hydrogens is 474 g/mol. The lowest BCUT2D eigenvalue weighted by Crippen LogP contribution is -2.44. The van der Waals surface area contributed by atoms with Crippen LogP contribution in [0.3, 0.4) is 0 Å². The zero-order valence-corrected chi connectivity index (χ0v) is 21.1. The molecule has 0 radical (unpaired) electrons. The molecule has 0 saturated carbocycles. The van der Waals surface area contributed by atoms with Crippen LogP contribution in [0.4, 0.5) is 0 Å². The first-order valence-electron chi connectivity index (χ1n) is 12.0. The summed E-state index contributed by atoms with van der Waals surface area (Å²) < 4.78 is 5.21. The highest BCUT2D eigenvalue weighted by atomic mass is 35.5. The van der Waals surface area contributed by atoms with Gasteiger partial charge in [0.05, 0.1) is 6.61 Å². The van der Waals surface area contributed by atoms with Crippen LogP contribution in [0.1, 0.15) is 21.5 Å². The summed E-state index contributed by atoms with van der Waals surface area (Å²) in [4.78, 5) is 33.5. The van der Waals surface area contributed by atoms with Crippen molar-refractivity contribution in [1.29, 1.82) is 0 Å². The number of methoxy groups -OCH3 is 1. The van der Waals surface area contributed by atoms with E-state index in [4.69, 9.17) is 16.3 Å². The third kappa shape index (κ3) is 6.53. The maximum absolute atomic E-state index is 13.6. The zero-order chi connectivity index (χ0) is 25.3. The van der Waals surface area contributed by atoms with Crippen molar-refractivity contribution in [2.24, 2.45) is 0 Å². The highest BCUT2D eigenvalue weighted by Crippen LogP contribution is 2.19. The molecule has 4 rings (SSSR count). The highest BCUT2D eigenvalue weighted by molar-refractivity contribution is 6.30. The minimum absolute atomic E-state index is 0.0362. The molecule has 0 saturated heterocycles. The van der Waals surface area contributed by atoms with Crippen LogP contribution in [0.2, 0.25) is 5.02 Å². The number of rotatable bonds is 11. The topological polar surface area (TPSA) is 65.6 Å². The Morgan fingerprint density at radius 2 is 1.61 bits per heavy atom. The molecule has 0 bridgehead atoms. The number of fused-ring (bicyclic) bond motifs is 1. The van der Waals surface area contributed by atoms with Gasteiger partial charge in [0.2, 0.25) is 5.91 Å². The molecule has 0 unspecified atom stereocenters. The Kier molecular flexibility index (Phi) is 8.76. The lowest BCUT2D eigenvalue weighted by Gasteiger charge is -2.28. The molecule has 0 spiro atoms. The first kappa shape index (κ1) is 25.5. The number of aromatic nitrogens is 1. The van der Waals surface area contributed by atoms with Gasteiger partial charge < -0.3 is 19.5 Å². The van der Waals surface area contributed by atoms with Gasteiger partial charge in [0.1, 0.15) is 6.54 Å². The van der Waals surface area contributed by atoms with Crippen LogP contribution in [0.5, 0.6) is 0 Å². The van der Waals surface area contributed by atoms with Crippen LogP contribution in [-0.4, -0.2) is 59.9 Å². The van der Waals surface area contributed by atoms with E-state index in [0.29, 0.717) is 43.2 Å². The fourth-order valence-electron chi connectivity index (χ4n) is 4.18. The Labute approximate surface area is 216 Å². The Morgan fingerprint density at radius 3 is 2.36 bits per heavy atom. The van der Waals surface area contributed by atoms with Gasteiger partial charge >= 0.3 is 0 Å². The van der Waals surface area contributed by atoms with Crippen molar-refractivity contribution in [2.75, 3.05) is 33.4 Å². The summed E-state index contributed by atoms with van der Waals surface area (Å²) in [7, 11) is 1.58. The number of amides is 2. The molecule has 3 aromatic carbocycles. The van der Waals surface area contributed by atoms with Crippen LogP contribution in [-0.2, 0) is 22.5 Å². The van der Waals surface area contributed by atoms with E-state index in [0.717, 1.165) is 22.0 Å². The van der Waals surface area contributed by atoms with Crippen molar-refractivity contribution in [2.45, 2.75) is 13.0 Å². The van der Waals surface area contributed by atoms with E-state index in [1.807, 2.05) is 59.6 Å². The van der Waals surface area contributed by atoms with Gasteiger partial charge in [0.15, 0.2) is 0 Å². The number of carbonyl (C=O) groups is 2. The number of hydrogen-bond donors (Lipinski definition) is 1. The van der Waals surface area contributed by atoms with Crippen LogP contribution < -0.4 is 0 Å². The minimum Gasteiger partial charge on any atom is -0.383 e. The Balaban J connectivity index is 1.52. The largest absolute Gasteiger partial charge is 0.383 e. The molecule has 0 aliphatic rings. The van der Waals surface area contributed by atoms with Crippen LogP contribution in [0.25, 0.3) is 10.9 Å². The summed E-state index contributed by atoms with van der Waals surface area (Å²) in [6, 6.07) is 24.7. The number of ether oxygens (including phenoxy) is 1. The number of benzene rings is 3. The molecule has 0 aliphatic carbocycles. The minimum atomic E-state index is -0.228. The third-order valence-electron chi connectivity index (χ3n) is 6.16. The molecule has 36 heavy (non-hydrogen) atoms. The smallest absolute Gasteiger partial charge is 0.254 e. The van der Waals surface area contributed by atoms with Gasteiger partial charge in [0, 0.05) is 54.4 Å². The highest BCUT2D eigenvalue weighted by Gasteiger charge is 2.23. The van der Waals surface area contributed by atoms with E-state index in [9.17, 15) is 9.59 Å². The SMILES string of the molecule is COCCN(CC(=O)N(CCc1c[nH]c2ccccc12)Cc1ccccc1)C(=O)c1ccc(Cl)cc1. The Bertz CT molecular complexity index is 1290. The molecule has 4 aromatic rings. The van der Waals surface area contributed by atoms with Crippen LogP contribution in [0.15, 0.2) is 85.1 Å². The van der Waals surface area contributed by atoms with E-state index in [-0.39, 0.29) is 18.4 Å². The van der Waals surface area contributed by atoms with Gasteiger partial charge in [0.25, 0.3) is 5.91 Å². The lowest BCUT2D eigenvalue weighted by atomic mass is 10.1. The number of halogens is 1. The van der Waals surface area contributed by atoms with Crippen molar-refractivity contribution in [3.8, 4) is 0 Å². The van der Waals surface area contributed by atoms with Gasteiger partial charge in [-0.05, 0) is 47.9 Å². The predicted octanol–water partition coefficient (Wildman–Crippen LogP) is 5.18. The van der Waals surface area contributed by atoms with Gasteiger partial charge in [-0.1, -0.05) is 60.1 Å². The lowest BCUT2D eigenvalue weighted by molar-refractivity contribution is -0.132. The van der Waals surface area contributed by atoms with Gasteiger partial charge in [-0.25, -0.2) is 0 Å². The van der Waals surface area contributed by atoms with E-state index < -0.39 is 0 Å². The quantitative estimate of drug-likeness (QED) is 0.306. The third-order valence-corrected chi connectivity index (χ3v) is 6.42. The number of hydrogen-bond acceptors (Lipinski definition) is 3. The monoisotopic (exact) mass is 503 g/mol. The van der Waals surface area contributed by atoms with Crippen molar-refractivity contribution in [3.63, 3.8) is 0 Å². The second-order valence-corrected chi connectivity index (χ2v) is 9.07. The van der Waals surface area contributed by atoms with Crippen LogP contribution >= 0.6 is 11.6 Å². The summed E-state index contributed by atoms with van der Waals surface area (Å²) in [6.07, 6.45) is 2.70. The van der Waals surface area contributed by atoms with Crippen LogP contribution in [0, 0.1) is 0 Å². The number of para-hydroxylation sites is 1. The maximum atomic E-state index is 13.6. The van der Waals surface area contributed by atoms with E-state index in [2.05, 4.69) is 11.1 Å². The molecule has 0 fully saturated rings. The molecule has 2 amide bonds. The maximum Gasteiger partial charge on any atom is 0.254 e. The fourth-order valence-corrected chi connectivity index (χ4v) is 4.31. The van der Waals surface area contributed by atoms with E-state index in [1.165, 1.54) is 0 Å². The molecule has 1 N–H and O–H groups in total. The normalized spacial score (nSPS) is 10.9. The number of H-pyrrole nitrogens is 1. The van der Waals surface area contributed by atoms with Gasteiger partial charge in [-0.15, -0.1) is 0 Å². The summed E-state index contributed by atoms with van der Waals surface area (Å²) in [5.41, 5.74) is 3.76. The number of nitrogens with one attached hydrogen (secondary N) is 1. The summed E-state index contributed by atoms with van der Waals surface area (Å²) in [5.74, 6) is -0.342. The predicted molar refractivity (Wildman–Crippen MR) is 143 cm³/mol. The molecule has 7 heteroatoms. The van der Waals surface area contributed by atoms with Crippen molar-refractivity contribution < 1.29 is 14.3 Å². The second kappa shape index (κ2) is 12.4. The van der Waals surface area contributed by atoms with E-state index in [1.54, 1.807) is 36.3 Å². The number of aromatic amines is 1. The van der Waals surface area contributed by atoms with Crippen molar-refractivity contribution in [1.82, 2.24) is 14.8 Å². The Hall–Kier alpha value is -3.61. The molecule has 0 aliphatic heterocycles. The summed E-state index contributed by atoms with van der Waals surface area (Å²) in [5, 5.41) is 1.71. The van der Waals surface area contributed by atoms with Gasteiger partial charge in [-0.3, -0.25) is 9.59 Å². The summed E-state index contributed by atoms with van der Waals surface area (Å²) >= 11 is 5.99. The van der Waals surface area contributed by atoms with Crippen molar-refractivity contribution >= 4 is 34.3 Å². The molecular formula is C29H30ClN3O3. The fraction of sp³-hybridized carbons (Fsp3) is 0.241. The van der Waals surface area contributed by atoms with Gasteiger partial charge in [-0.2, -0.15) is 0 Å². The molecule has 0 atom stereocenters. The average molecular weight is 504 g/mol. The molecule has 6 nitrogen and oxygen atoms in total. The molecule has 1 heterocycles. The summed E-state index contributed by atoms with van der Waals surface area (Å²) in [6.45, 7) is 1.61. The second-order valence-electron chi connectivity index (χ2n) is 8.64. The zero-order valence-electron chi connectivity index (χ0n) is 20.3. The number of carbonyl (C=O) groups excluding carboxylic acids is 2. The standard InChI is InChI=1S/C29H30ClN3O3/c1-36-18-17-33(29(35)23-11-13-25(30)14-12-23)21-28(34)32(20-22-7-3-2-4-8-22)16-15-24-19-31-27-10-6-5-9-26(24)27/h2-14,19,31H,15-18,20-21H2,1H3. The molecule has 186 valence electrons. The number of nitrogens with zero attached hydrogens (tertiary/aromatic N) is 2. The van der Waals surface area contributed by atoms with Crippen molar-refractivity contribution in [3.05, 3.63) is 107 Å². The average Bonchev–Trinajstić information content (AvgIpc) is 3.32.